The molecule has 25 heavy (non-hydrogen) atoms. The Balaban J connectivity index is 3.89. The Hall–Kier alpha value is -2.49. The summed E-state index contributed by atoms with van der Waals surface area (Å²) < 4.78 is 0. The number of Topliss-reactive ketones (excluding diaryl/α,β-unsaturated/α-hetero) is 1. The molecule has 0 rings (SSSR count). The summed E-state index contributed by atoms with van der Waals surface area (Å²) in [6, 6.07) is 0. The van der Waals surface area contributed by atoms with Gasteiger partial charge in [-0.25, -0.2) is 0 Å². The van der Waals surface area contributed by atoms with Crippen LogP contribution in [0.15, 0.2) is 0 Å². The Bertz CT molecular complexity index is 513. The minimum absolute atomic E-state index is 0.0839. The molecule has 0 unspecified atom stereocenters. The van der Waals surface area contributed by atoms with Gasteiger partial charge in [0.25, 0.3) is 0 Å². The van der Waals surface area contributed by atoms with Crippen LogP contribution in [0.25, 0.3) is 0 Å². The highest BCUT2D eigenvalue weighted by molar-refractivity contribution is 5.92. The number of rotatable bonds is 10. The van der Waals surface area contributed by atoms with Crippen molar-refractivity contribution < 1.29 is 24.0 Å². The van der Waals surface area contributed by atoms with Crippen LogP contribution in [-0.2, 0) is 24.0 Å². The first kappa shape index (κ1) is 22.5. The van der Waals surface area contributed by atoms with Gasteiger partial charge in [0, 0.05) is 5.41 Å². The third-order valence-corrected chi connectivity index (χ3v) is 2.96. The maximum absolute atomic E-state index is 11.7. The van der Waals surface area contributed by atoms with Crippen molar-refractivity contribution in [1.29, 1.82) is 0 Å². The molecule has 0 saturated carbocycles. The van der Waals surface area contributed by atoms with Gasteiger partial charge in [0.1, 0.15) is 0 Å². The molecule has 0 heterocycles. The van der Waals surface area contributed by atoms with E-state index in [9.17, 15) is 24.0 Å². The van der Waals surface area contributed by atoms with Crippen molar-refractivity contribution in [2.24, 2.45) is 5.41 Å². The number of nitrogens with one attached hydrogen (secondary N) is 5. The number of carbonyl (C=O) groups excluding carboxylic acids is 5. The Morgan fingerprint density at radius 1 is 0.600 bits per heavy atom. The molecular weight excluding hydrogens is 330 g/mol. The number of hydrogen-bond acceptors (Lipinski definition) is 6. The predicted octanol–water partition coefficient (Wildman–Crippen LogP) is -2.71. The largest absolute Gasteiger partial charge is 0.347 e. The van der Waals surface area contributed by atoms with E-state index in [2.05, 4.69) is 26.6 Å². The van der Waals surface area contributed by atoms with Gasteiger partial charge in [-0.2, -0.15) is 0 Å². The number of carbonyl (C=O) groups is 5. The van der Waals surface area contributed by atoms with Crippen molar-refractivity contribution in [2.75, 3.05) is 39.8 Å². The van der Waals surface area contributed by atoms with Gasteiger partial charge < -0.3 is 26.6 Å². The van der Waals surface area contributed by atoms with Gasteiger partial charge in [-0.3, -0.25) is 24.0 Å². The maximum atomic E-state index is 11.7. The first-order chi connectivity index (χ1) is 11.6. The summed E-state index contributed by atoms with van der Waals surface area (Å²) in [6.45, 7) is 4.33. The predicted molar refractivity (Wildman–Crippen MR) is 90.4 cm³/mol. The average Bonchev–Trinajstić information content (AvgIpc) is 2.53. The second-order valence-electron chi connectivity index (χ2n) is 6.31. The lowest BCUT2D eigenvalue weighted by Gasteiger charge is -2.16. The maximum Gasteiger partial charge on any atom is 0.239 e. The van der Waals surface area contributed by atoms with Crippen LogP contribution in [0.2, 0.25) is 0 Å². The Morgan fingerprint density at radius 3 is 1.24 bits per heavy atom. The summed E-state index contributed by atoms with van der Waals surface area (Å²) in [5.74, 6) is -2.06. The zero-order chi connectivity index (χ0) is 19.5. The highest BCUT2D eigenvalue weighted by Crippen LogP contribution is 2.13. The van der Waals surface area contributed by atoms with Crippen molar-refractivity contribution in [3.63, 3.8) is 0 Å². The van der Waals surface area contributed by atoms with E-state index in [1.54, 1.807) is 27.8 Å². The summed E-state index contributed by atoms with van der Waals surface area (Å²) in [5.41, 5.74) is -0.552. The van der Waals surface area contributed by atoms with Crippen LogP contribution in [-0.4, -0.2) is 69.2 Å². The number of amides is 4. The quantitative estimate of drug-likeness (QED) is 0.287. The standard InChI is InChI=1S/C15H27N5O5/c1-15(2,3)10(21)5-17-12(23)7-19-14(25)9-20-13(24)8-18-11(22)6-16-4/h16H,5-9H2,1-4H3,(H,17,23)(H,18,22)(H,19,25)(H,20,24). The molecule has 0 bridgehead atoms. The van der Waals surface area contributed by atoms with Crippen LogP contribution in [0.1, 0.15) is 20.8 Å². The van der Waals surface area contributed by atoms with E-state index in [0.29, 0.717) is 0 Å². The highest BCUT2D eigenvalue weighted by Gasteiger charge is 2.21. The monoisotopic (exact) mass is 357 g/mol. The molecule has 0 aliphatic carbocycles. The van der Waals surface area contributed by atoms with E-state index < -0.39 is 23.1 Å². The number of hydrogen-bond donors (Lipinski definition) is 5. The van der Waals surface area contributed by atoms with Crippen LogP contribution >= 0.6 is 0 Å². The first-order valence-corrected chi connectivity index (χ1v) is 7.81. The third-order valence-electron chi connectivity index (χ3n) is 2.96. The molecule has 5 N–H and O–H groups in total. The van der Waals surface area contributed by atoms with Gasteiger partial charge in [-0.1, -0.05) is 20.8 Å². The van der Waals surface area contributed by atoms with Gasteiger partial charge >= 0.3 is 0 Å². The molecular formula is C15H27N5O5. The molecule has 0 spiro atoms. The zero-order valence-electron chi connectivity index (χ0n) is 15.1. The lowest BCUT2D eigenvalue weighted by Crippen LogP contribution is -2.46. The molecule has 0 atom stereocenters. The Labute approximate surface area is 146 Å². The van der Waals surface area contributed by atoms with Gasteiger partial charge in [0.05, 0.1) is 32.7 Å². The third kappa shape index (κ3) is 11.7. The van der Waals surface area contributed by atoms with E-state index >= 15 is 0 Å². The first-order valence-electron chi connectivity index (χ1n) is 7.81. The number of ketones is 1. The van der Waals surface area contributed by atoms with E-state index in [-0.39, 0.29) is 44.4 Å². The molecule has 0 saturated heterocycles. The second kappa shape index (κ2) is 11.1. The van der Waals surface area contributed by atoms with Crippen molar-refractivity contribution in [3.8, 4) is 0 Å². The summed E-state index contributed by atoms with van der Waals surface area (Å²) in [5, 5.41) is 12.0. The molecule has 10 nitrogen and oxygen atoms in total. The number of likely N-dealkylation sites (N-methyl/N-ethyl adjacent to an activating group) is 1. The van der Waals surface area contributed by atoms with Crippen LogP contribution in [0.4, 0.5) is 0 Å². The molecule has 0 fully saturated rings. The average molecular weight is 357 g/mol. The lowest BCUT2D eigenvalue weighted by molar-refractivity contribution is -0.130. The van der Waals surface area contributed by atoms with E-state index in [1.165, 1.54) is 0 Å². The van der Waals surface area contributed by atoms with E-state index in [0.717, 1.165) is 0 Å². The molecule has 4 amide bonds. The normalized spacial score (nSPS) is 10.6. The van der Waals surface area contributed by atoms with Crippen molar-refractivity contribution in [3.05, 3.63) is 0 Å². The topological polar surface area (TPSA) is 146 Å². The SMILES string of the molecule is CNCC(=O)NCC(=O)NCC(=O)NCC(=O)NCC(=O)C(C)(C)C. The van der Waals surface area contributed by atoms with Crippen LogP contribution in [0, 0.1) is 5.41 Å². The molecule has 0 aromatic heterocycles. The van der Waals surface area contributed by atoms with Gasteiger partial charge in [-0.05, 0) is 7.05 Å². The fourth-order valence-electron chi connectivity index (χ4n) is 1.39. The van der Waals surface area contributed by atoms with E-state index in [4.69, 9.17) is 0 Å². The fourth-order valence-corrected chi connectivity index (χ4v) is 1.39. The second-order valence-corrected chi connectivity index (χ2v) is 6.31. The Morgan fingerprint density at radius 2 is 0.920 bits per heavy atom. The smallest absolute Gasteiger partial charge is 0.239 e. The highest BCUT2D eigenvalue weighted by atomic mass is 16.2. The summed E-state index contributed by atoms with van der Waals surface area (Å²) in [4.78, 5) is 57.3. The molecule has 0 aromatic carbocycles. The summed E-state index contributed by atoms with van der Waals surface area (Å²) in [7, 11) is 1.60. The van der Waals surface area contributed by atoms with Crippen molar-refractivity contribution in [1.82, 2.24) is 26.6 Å². The lowest BCUT2D eigenvalue weighted by atomic mass is 9.91. The van der Waals surface area contributed by atoms with Gasteiger partial charge in [0.2, 0.25) is 23.6 Å². The Kier molecular flexibility index (Phi) is 10.0. The fraction of sp³-hybridized carbons (Fsp3) is 0.667. The van der Waals surface area contributed by atoms with Crippen LogP contribution < -0.4 is 26.6 Å². The van der Waals surface area contributed by atoms with Crippen LogP contribution in [0.5, 0.6) is 0 Å². The minimum atomic E-state index is -0.563. The van der Waals surface area contributed by atoms with Gasteiger partial charge in [0.15, 0.2) is 5.78 Å². The van der Waals surface area contributed by atoms with Crippen molar-refractivity contribution in [2.45, 2.75) is 20.8 Å². The van der Waals surface area contributed by atoms with Crippen LogP contribution in [0.3, 0.4) is 0 Å². The zero-order valence-corrected chi connectivity index (χ0v) is 15.1. The molecule has 0 aliphatic heterocycles. The molecule has 0 aromatic rings. The molecule has 0 radical (unpaired) electrons. The van der Waals surface area contributed by atoms with Gasteiger partial charge in [-0.15, -0.1) is 0 Å². The summed E-state index contributed by atoms with van der Waals surface area (Å²) in [6.07, 6.45) is 0. The molecule has 10 heteroatoms. The summed E-state index contributed by atoms with van der Waals surface area (Å²) >= 11 is 0. The minimum Gasteiger partial charge on any atom is -0.347 e. The molecule has 0 aliphatic rings. The van der Waals surface area contributed by atoms with E-state index in [1.807, 2.05) is 0 Å². The molecule has 142 valence electrons. The van der Waals surface area contributed by atoms with Crippen molar-refractivity contribution >= 4 is 29.4 Å².